The zero-order valence-corrected chi connectivity index (χ0v) is 10.5. The van der Waals surface area contributed by atoms with Crippen LogP contribution in [0.3, 0.4) is 0 Å². The number of methoxy groups -OCH3 is 1. The Morgan fingerprint density at radius 3 is 2.82 bits per heavy atom. The van der Waals surface area contributed by atoms with Gasteiger partial charge in [0.05, 0.1) is 12.9 Å². The van der Waals surface area contributed by atoms with Crippen molar-refractivity contribution in [3.8, 4) is 0 Å². The Labute approximate surface area is 104 Å². The Bertz CT molecular complexity index is 435. The van der Waals surface area contributed by atoms with E-state index in [1.165, 1.54) is 18.9 Å². The molecule has 0 aliphatic rings. The van der Waals surface area contributed by atoms with Crippen molar-refractivity contribution in [2.24, 2.45) is 0 Å². The molecule has 0 saturated carbocycles. The lowest BCUT2D eigenvalue weighted by atomic mass is 10.2. The number of benzene rings is 1. The first-order valence-corrected chi connectivity index (χ1v) is 5.88. The Morgan fingerprint density at radius 2 is 2.18 bits per heavy atom. The number of aryl methyl sites for hydroxylation is 1. The van der Waals surface area contributed by atoms with E-state index in [0.29, 0.717) is 5.69 Å². The number of carbonyl (C=O) groups is 2. The molecule has 3 N–H and O–H groups in total. The highest BCUT2D eigenvalue weighted by atomic mass is 32.2. The van der Waals surface area contributed by atoms with Crippen LogP contribution in [0, 0.1) is 6.92 Å². The van der Waals surface area contributed by atoms with Gasteiger partial charge in [0, 0.05) is 10.6 Å². The number of ether oxygens (including phenoxy) is 1. The zero-order chi connectivity index (χ0) is 12.8. The number of nitrogens with two attached hydrogens (primary N) is 1. The molecular formula is C11H14N2O3S. The second kappa shape index (κ2) is 6.15. The topological polar surface area (TPSA) is 81.4 Å². The Hall–Kier alpha value is -1.69. The van der Waals surface area contributed by atoms with Crippen LogP contribution in [-0.2, 0) is 9.53 Å². The van der Waals surface area contributed by atoms with Gasteiger partial charge in [-0.25, -0.2) is 4.79 Å². The monoisotopic (exact) mass is 254 g/mol. The van der Waals surface area contributed by atoms with Crippen LogP contribution in [0.2, 0.25) is 0 Å². The van der Waals surface area contributed by atoms with Gasteiger partial charge >= 0.3 is 6.09 Å². The van der Waals surface area contributed by atoms with Crippen LogP contribution in [0.5, 0.6) is 0 Å². The van der Waals surface area contributed by atoms with Gasteiger partial charge < -0.3 is 10.5 Å². The summed E-state index contributed by atoms with van der Waals surface area (Å²) >= 11 is 1.32. The van der Waals surface area contributed by atoms with Gasteiger partial charge in [0.2, 0.25) is 5.91 Å². The number of nitrogen functional groups attached to an aromatic ring is 1. The molecule has 0 spiro atoms. The molecule has 0 heterocycles. The summed E-state index contributed by atoms with van der Waals surface area (Å²) in [6.07, 6.45) is -0.750. The number of amides is 2. The molecule has 0 aromatic heterocycles. The molecule has 0 radical (unpaired) electrons. The summed E-state index contributed by atoms with van der Waals surface area (Å²) in [5, 5.41) is 2.08. The highest BCUT2D eigenvalue weighted by molar-refractivity contribution is 8.00. The van der Waals surface area contributed by atoms with E-state index in [4.69, 9.17) is 5.73 Å². The molecule has 92 valence electrons. The van der Waals surface area contributed by atoms with Gasteiger partial charge in [-0.15, -0.1) is 11.8 Å². The summed E-state index contributed by atoms with van der Waals surface area (Å²) in [5.41, 5.74) is 7.33. The predicted molar refractivity (Wildman–Crippen MR) is 66.9 cm³/mol. The predicted octanol–water partition coefficient (Wildman–Crippen LogP) is 1.55. The van der Waals surface area contributed by atoms with E-state index < -0.39 is 12.0 Å². The van der Waals surface area contributed by atoms with E-state index >= 15 is 0 Å². The van der Waals surface area contributed by atoms with E-state index in [1.807, 2.05) is 13.0 Å². The molecule has 0 aliphatic carbocycles. The summed E-state index contributed by atoms with van der Waals surface area (Å²) in [7, 11) is 1.21. The third-order valence-electron chi connectivity index (χ3n) is 2.00. The standard InChI is InChI=1S/C11H14N2O3S/c1-7-3-4-8(12)5-9(7)17-6-10(14)13-11(15)16-2/h3-5H,6,12H2,1-2H3,(H,13,14,15). The van der Waals surface area contributed by atoms with E-state index in [2.05, 4.69) is 10.1 Å². The molecule has 5 nitrogen and oxygen atoms in total. The number of rotatable bonds is 3. The maximum Gasteiger partial charge on any atom is 0.413 e. The van der Waals surface area contributed by atoms with Crippen LogP contribution < -0.4 is 11.1 Å². The maximum atomic E-state index is 11.3. The molecule has 1 aromatic carbocycles. The second-order valence-corrected chi connectivity index (χ2v) is 4.37. The number of carbonyl (C=O) groups excluding carboxylic acids is 2. The molecule has 0 fully saturated rings. The summed E-state index contributed by atoms with van der Waals surface area (Å²) in [6, 6.07) is 5.48. The van der Waals surface area contributed by atoms with Crippen molar-refractivity contribution >= 4 is 29.4 Å². The summed E-state index contributed by atoms with van der Waals surface area (Å²) in [5.74, 6) is -0.261. The van der Waals surface area contributed by atoms with Crippen LogP contribution in [-0.4, -0.2) is 24.9 Å². The third kappa shape index (κ3) is 4.36. The molecule has 0 aliphatic heterocycles. The van der Waals surface area contributed by atoms with Gasteiger partial charge in [0.15, 0.2) is 0 Å². The molecule has 1 aromatic rings. The smallest absolute Gasteiger partial charge is 0.413 e. The summed E-state index contributed by atoms with van der Waals surface area (Å²) < 4.78 is 4.32. The SMILES string of the molecule is COC(=O)NC(=O)CSc1cc(N)ccc1C. The normalized spacial score (nSPS) is 9.76. The highest BCUT2D eigenvalue weighted by Crippen LogP contribution is 2.24. The molecule has 17 heavy (non-hydrogen) atoms. The quantitative estimate of drug-likeness (QED) is 0.632. The van der Waals surface area contributed by atoms with Crippen molar-refractivity contribution in [3.63, 3.8) is 0 Å². The van der Waals surface area contributed by atoms with Gasteiger partial charge in [-0.3, -0.25) is 10.1 Å². The van der Waals surface area contributed by atoms with Crippen molar-refractivity contribution in [1.82, 2.24) is 5.32 Å². The van der Waals surface area contributed by atoms with Crippen molar-refractivity contribution in [1.29, 1.82) is 0 Å². The Morgan fingerprint density at radius 1 is 1.47 bits per heavy atom. The first-order valence-electron chi connectivity index (χ1n) is 4.89. The summed E-state index contributed by atoms with van der Waals surface area (Å²) in [4.78, 5) is 23.0. The second-order valence-electron chi connectivity index (χ2n) is 3.35. The number of alkyl carbamates (subject to hydrolysis) is 1. The van der Waals surface area contributed by atoms with Crippen molar-refractivity contribution in [2.45, 2.75) is 11.8 Å². The lowest BCUT2D eigenvalue weighted by Crippen LogP contribution is -2.31. The minimum atomic E-state index is -0.750. The largest absolute Gasteiger partial charge is 0.453 e. The van der Waals surface area contributed by atoms with Crippen molar-refractivity contribution in [3.05, 3.63) is 23.8 Å². The average Bonchev–Trinajstić information content (AvgIpc) is 2.30. The van der Waals surface area contributed by atoms with Gasteiger partial charge in [0.25, 0.3) is 0 Å². The lowest BCUT2D eigenvalue weighted by Gasteiger charge is -2.06. The highest BCUT2D eigenvalue weighted by Gasteiger charge is 2.08. The molecule has 0 saturated heterocycles. The Kier molecular flexibility index (Phi) is 4.84. The molecular weight excluding hydrogens is 240 g/mol. The van der Waals surface area contributed by atoms with Crippen LogP contribution in [0.15, 0.2) is 23.1 Å². The lowest BCUT2D eigenvalue weighted by molar-refractivity contribution is -0.117. The van der Waals surface area contributed by atoms with Crippen LogP contribution in [0.4, 0.5) is 10.5 Å². The van der Waals surface area contributed by atoms with Gasteiger partial charge in [0.1, 0.15) is 0 Å². The van der Waals surface area contributed by atoms with E-state index in [0.717, 1.165) is 10.5 Å². The Balaban J connectivity index is 2.53. The first kappa shape index (κ1) is 13.4. The molecule has 0 atom stereocenters. The molecule has 6 heteroatoms. The fraction of sp³-hybridized carbons (Fsp3) is 0.273. The van der Waals surface area contributed by atoms with Crippen LogP contribution >= 0.6 is 11.8 Å². The molecule has 2 amide bonds. The van der Waals surface area contributed by atoms with Crippen molar-refractivity contribution < 1.29 is 14.3 Å². The number of nitrogens with one attached hydrogen (secondary N) is 1. The number of thioether (sulfide) groups is 1. The van der Waals surface area contributed by atoms with E-state index in [9.17, 15) is 9.59 Å². The molecule has 0 bridgehead atoms. The van der Waals surface area contributed by atoms with Crippen molar-refractivity contribution in [2.75, 3.05) is 18.6 Å². The molecule has 0 unspecified atom stereocenters. The van der Waals surface area contributed by atoms with E-state index in [1.54, 1.807) is 12.1 Å². The number of hydrogen-bond donors (Lipinski definition) is 2. The summed E-state index contributed by atoms with van der Waals surface area (Å²) in [6.45, 7) is 1.93. The number of anilines is 1. The van der Waals surface area contributed by atoms with Crippen LogP contribution in [0.25, 0.3) is 0 Å². The van der Waals surface area contributed by atoms with Crippen LogP contribution in [0.1, 0.15) is 5.56 Å². The third-order valence-corrected chi connectivity index (χ3v) is 3.16. The average molecular weight is 254 g/mol. The fourth-order valence-electron chi connectivity index (χ4n) is 1.12. The van der Waals surface area contributed by atoms with Gasteiger partial charge in [-0.1, -0.05) is 6.07 Å². The first-order chi connectivity index (χ1) is 8.02. The molecule has 1 rings (SSSR count). The number of imide groups is 1. The van der Waals surface area contributed by atoms with Gasteiger partial charge in [-0.2, -0.15) is 0 Å². The maximum absolute atomic E-state index is 11.3. The zero-order valence-electron chi connectivity index (χ0n) is 9.65. The minimum Gasteiger partial charge on any atom is -0.453 e. The number of hydrogen-bond acceptors (Lipinski definition) is 5. The van der Waals surface area contributed by atoms with Gasteiger partial charge in [-0.05, 0) is 24.6 Å². The fourth-order valence-corrected chi connectivity index (χ4v) is 1.99. The minimum absolute atomic E-state index is 0.138. The van der Waals surface area contributed by atoms with E-state index in [-0.39, 0.29) is 5.75 Å².